The quantitative estimate of drug-likeness (QED) is 0.563. The minimum Gasteiger partial charge on any atom is -0.503 e. The number of phenols is 1. The van der Waals surface area contributed by atoms with E-state index in [1.54, 1.807) is 24.3 Å². The summed E-state index contributed by atoms with van der Waals surface area (Å²) in [5.74, 6) is -0.564. The highest BCUT2D eigenvalue weighted by Gasteiger charge is 2.08. The van der Waals surface area contributed by atoms with Crippen molar-refractivity contribution in [1.82, 2.24) is 5.43 Å². The van der Waals surface area contributed by atoms with Crippen LogP contribution in [0, 0.1) is 0 Å². The first-order valence-electron chi connectivity index (χ1n) is 7.18. The minimum absolute atomic E-state index is 0.112. The zero-order chi connectivity index (χ0) is 18.4. The predicted octanol–water partition coefficient (Wildman–Crippen LogP) is 2.78. The van der Waals surface area contributed by atoms with Crippen LogP contribution in [0.15, 0.2) is 41.5 Å². The maximum Gasteiger partial charge on any atom is 0.271 e. The maximum absolute atomic E-state index is 12.0. The Balaban J connectivity index is 2.03. The lowest BCUT2D eigenvalue weighted by Gasteiger charge is -2.06. The number of hydrogen-bond acceptors (Lipinski definition) is 5. The van der Waals surface area contributed by atoms with E-state index >= 15 is 0 Å². The second kappa shape index (κ2) is 8.16. The standard InChI is InChI=1S/C17H16ClN3O4/c1-10(22)20-13-5-3-12(4-6-13)17(24)21-19-9-11-7-14(18)16(23)15(8-11)25-2/h3-9,23H,1-2H3,(H,20,22)(H,21,24)/b19-9+. The second-order valence-electron chi connectivity index (χ2n) is 5.01. The van der Waals surface area contributed by atoms with E-state index in [1.807, 2.05) is 0 Å². The molecule has 2 aromatic rings. The van der Waals surface area contributed by atoms with E-state index in [0.717, 1.165) is 0 Å². The van der Waals surface area contributed by atoms with E-state index in [-0.39, 0.29) is 22.4 Å². The van der Waals surface area contributed by atoms with Crippen molar-refractivity contribution in [3.8, 4) is 11.5 Å². The van der Waals surface area contributed by atoms with Crippen LogP contribution in [0.4, 0.5) is 5.69 Å². The first kappa shape index (κ1) is 18.3. The Morgan fingerprint density at radius 2 is 1.92 bits per heavy atom. The first-order chi connectivity index (χ1) is 11.9. The van der Waals surface area contributed by atoms with Crippen molar-refractivity contribution >= 4 is 35.3 Å². The molecule has 3 N–H and O–H groups in total. The lowest BCUT2D eigenvalue weighted by Crippen LogP contribution is -2.17. The topological polar surface area (TPSA) is 100 Å². The second-order valence-corrected chi connectivity index (χ2v) is 5.42. The van der Waals surface area contributed by atoms with Gasteiger partial charge in [0.15, 0.2) is 11.5 Å². The Morgan fingerprint density at radius 1 is 1.24 bits per heavy atom. The van der Waals surface area contributed by atoms with Gasteiger partial charge in [-0.1, -0.05) is 11.6 Å². The lowest BCUT2D eigenvalue weighted by atomic mass is 10.2. The van der Waals surface area contributed by atoms with Crippen molar-refractivity contribution < 1.29 is 19.4 Å². The summed E-state index contributed by atoms with van der Waals surface area (Å²) in [4.78, 5) is 23.0. The summed E-state index contributed by atoms with van der Waals surface area (Å²) in [6.45, 7) is 1.40. The van der Waals surface area contributed by atoms with E-state index in [1.165, 1.54) is 32.4 Å². The van der Waals surface area contributed by atoms with Crippen molar-refractivity contribution in [2.45, 2.75) is 6.92 Å². The van der Waals surface area contributed by atoms with Gasteiger partial charge in [0.05, 0.1) is 18.3 Å². The van der Waals surface area contributed by atoms with Crippen LogP contribution in [0.2, 0.25) is 5.02 Å². The average Bonchev–Trinajstić information content (AvgIpc) is 2.57. The van der Waals surface area contributed by atoms with Crippen LogP contribution < -0.4 is 15.5 Å². The monoisotopic (exact) mass is 361 g/mol. The van der Waals surface area contributed by atoms with Crippen LogP contribution in [0.3, 0.4) is 0 Å². The highest BCUT2D eigenvalue weighted by molar-refractivity contribution is 6.32. The number of anilines is 1. The number of nitrogens with one attached hydrogen (secondary N) is 2. The molecular formula is C17H16ClN3O4. The fourth-order valence-electron chi connectivity index (χ4n) is 1.96. The number of methoxy groups -OCH3 is 1. The van der Waals surface area contributed by atoms with E-state index in [2.05, 4.69) is 15.8 Å². The molecule has 0 saturated carbocycles. The first-order valence-corrected chi connectivity index (χ1v) is 7.56. The Labute approximate surface area is 149 Å². The molecule has 7 nitrogen and oxygen atoms in total. The smallest absolute Gasteiger partial charge is 0.271 e. The number of hydrogen-bond donors (Lipinski definition) is 3. The van der Waals surface area contributed by atoms with Crippen LogP contribution in [0.1, 0.15) is 22.8 Å². The van der Waals surface area contributed by atoms with Crippen LogP contribution in [0.5, 0.6) is 11.5 Å². The normalized spacial score (nSPS) is 10.5. The molecule has 2 amide bonds. The fraction of sp³-hybridized carbons (Fsp3) is 0.118. The van der Waals surface area contributed by atoms with Gasteiger partial charge < -0.3 is 15.2 Å². The number of nitrogens with zero attached hydrogens (tertiary/aromatic N) is 1. The lowest BCUT2D eigenvalue weighted by molar-refractivity contribution is -0.114. The summed E-state index contributed by atoms with van der Waals surface area (Å²) >= 11 is 5.88. The van der Waals surface area contributed by atoms with E-state index in [4.69, 9.17) is 16.3 Å². The van der Waals surface area contributed by atoms with Gasteiger partial charge in [0.1, 0.15) is 0 Å². The zero-order valence-electron chi connectivity index (χ0n) is 13.5. The molecule has 0 saturated heterocycles. The zero-order valence-corrected chi connectivity index (χ0v) is 14.3. The van der Waals surface area contributed by atoms with Crippen LogP contribution >= 0.6 is 11.6 Å². The highest BCUT2D eigenvalue weighted by atomic mass is 35.5. The molecule has 8 heteroatoms. The molecule has 2 rings (SSSR count). The minimum atomic E-state index is -0.414. The van der Waals surface area contributed by atoms with E-state index in [0.29, 0.717) is 16.8 Å². The average molecular weight is 362 g/mol. The fourth-order valence-corrected chi connectivity index (χ4v) is 2.18. The summed E-state index contributed by atoms with van der Waals surface area (Å²) in [5, 5.41) is 16.2. The van der Waals surface area contributed by atoms with Gasteiger partial charge in [0.25, 0.3) is 5.91 Å². The Morgan fingerprint density at radius 3 is 2.52 bits per heavy atom. The molecule has 0 aliphatic rings. The van der Waals surface area contributed by atoms with E-state index < -0.39 is 5.91 Å². The third-order valence-electron chi connectivity index (χ3n) is 3.12. The molecule has 0 unspecified atom stereocenters. The van der Waals surface area contributed by atoms with Crippen LogP contribution in [-0.4, -0.2) is 30.2 Å². The molecule has 0 fully saturated rings. The number of carbonyl (C=O) groups is 2. The third kappa shape index (κ3) is 4.95. The molecule has 0 aromatic heterocycles. The third-order valence-corrected chi connectivity index (χ3v) is 3.41. The molecule has 0 aliphatic carbocycles. The molecule has 0 bridgehead atoms. The maximum atomic E-state index is 12.0. The molecule has 130 valence electrons. The highest BCUT2D eigenvalue weighted by Crippen LogP contribution is 2.34. The van der Waals surface area contributed by atoms with Gasteiger partial charge in [-0.05, 0) is 42.0 Å². The molecule has 0 aliphatic heterocycles. The molecule has 0 spiro atoms. The number of phenolic OH excluding ortho intramolecular Hbond substituents is 1. The molecular weight excluding hydrogens is 346 g/mol. The molecule has 2 aromatic carbocycles. The largest absolute Gasteiger partial charge is 0.503 e. The van der Waals surface area contributed by atoms with Gasteiger partial charge in [0, 0.05) is 18.2 Å². The molecule has 0 atom stereocenters. The van der Waals surface area contributed by atoms with Crippen LogP contribution in [-0.2, 0) is 4.79 Å². The predicted molar refractivity (Wildman–Crippen MR) is 95.5 cm³/mol. The number of hydrazone groups is 1. The molecule has 25 heavy (non-hydrogen) atoms. The van der Waals surface area contributed by atoms with Crippen LogP contribution in [0.25, 0.3) is 0 Å². The van der Waals surface area contributed by atoms with Crippen molar-refractivity contribution in [3.63, 3.8) is 0 Å². The summed E-state index contributed by atoms with van der Waals surface area (Å²) in [6, 6.07) is 9.37. The molecule has 0 radical (unpaired) electrons. The number of ether oxygens (including phenoxy) is 1. The molecule has 0 heterocycles. The van der Waals surface area contributed by atoms with Crippen molar-refractivity contribution in [3.05, 3.63) is 52.5 Å². The number of aromatic hydroxyl groups is 1. The Kier molecular flexibility index (Phi) is 5.97. The van der Waals surface area contributed by atoms with Crippen molar-refractivity contribution in [2.24, 2.45) is 5.10 Å². The van der Waals surface area contributed by atoms with Gasteiger partial charge in [-0.2, -0.15) is 5.10 Å². The summed E-state index contributed by atoms with van der Waals surface area (Å²) in [5.41, 5.74) is 3.90. The van der Waals surface area contributed by atoms with Gasteiger partial charge in [-0.25, -0.2) is 5.43 Å². The van der Waals surface area contributed by atoms with Gasteiger partial charge >= 0.3 is 0 Å². The number of halogens is 1. The van der Waals surface area contributed by atoms with E-state index in [9.17, 15) is 14.7 Å². The van der Waals surface area contributed by atoms with Crippen molar-refractivity contribution in [2.75, 3.05) is 12.4 Å². The summed E-state index contributed by atoms with van der Waals surface area (Å²) < 4.78 is 4.99. The summed E-state index contributed by atoms with van der Waals surface area (Å²) in [7, 11) is 1.40. The Bertz CT molecular complexity index is 819. The number of amides is 2. The SMILES string of the molecule is COc1cc(/C=N/NC(=O)c2ccc(NC(C)=O)cc2)cc(Cl)c1O. The number of benzene rings is 2. The summed E-state index contributed by atoms with van der Waals surface area (Å²) in [6.07, 6.45) is 1.37. The Hall–Kier alpha value is -3.06. The van der Waals surface area contributed by atoms with Crippen molar-refractivity contribution in [1.29, 1.82) is 0 Å². The van der Waals surface area contributed by atoms with Gasteiger partial charge in [-0.3, -0.25) is 9.59 Å². The number of rotatable bonds is 5. The van der Waals surface area contributed by atoms with Gasteiger partial charge in [-0.15, -0.1) is 0 Å². The van der Waals surface area contributed by atoms with Gasteiger partial charge in [0.2, 0.25) is 5.91 Å². The number of carbonyl (C=O) groups excluding carboxylic acids is 2.